The Bertz CT molecular complexity index is 351. The van der Waals surface area contributed by atoms with E-state index in [1.54, 1.807) is 6.92 Å². The Morgan fingerprint density at radius 2 is 1.88 bits per heavy atom. The molecule has 0 bridgehead atoms. The van der Waals surface area contributed by atoms with Gasteiger partial charge in [-0.15, -0.1) is 0 Å². The van der Waals surface area contributed by atoms with Gasteiger partial charge in [-0.1, -0.05) is 29.3 Å². The summed E-state index contributed by atoms with van der Waals surface area (Å²) in [5.41, 5.74) is 2.93. The van der Waals surface area contributed by atoms with Gasteiger partial charge >= 0.3 is 5.97 Å². The number of aliphatic hydroxyl groups excluding tert-OH is 1. The smallest absolute Gasteiger partial charge is 0.308 e. The van der Waals surface area contributed by atoms with Gasteiger partial charge in [-0.25, -0.2) is 0 Å². The monoisotopic (exact) mass is 222 g/mol. The average Bonchev–Trinajstić information content (AvgIpc) is 2.16. The molecule has 0 spiro atoms. The van der Waals surface area contributed by atoms with E-state index in [0.29, 0.717) is 6.61 Å². The summed E-state index contributed by atoms with van der Waals surface area (Å²) in [4.78, 5) is 11.2. The Hall–Kier alpha value is -1.35. The van der Waals surface area contributed by atoms with Gasteiger partial charge in [-0.05, 0) is 26.3 Å². The Morgan fingerprint density at radius 1 is 1.31 bits per heavy atom. The van der Waals surface area contributed by atoms with Crippen LogP contribution < -0.4 is 0 Å². The Balaban J connectivity index is 2.72. The lowest BCUT2D eigenvalue weighted by molar-refractivity contribution is -0.145. The highest BCUT2D eigenvalue weighted by molar-refractivity contribution is 5.70. The zero-order valence-corrected chi connectivity index (χ0v) is 9.99. The van der Waals surface area contributed by atoms with Crippen molar-refractivity contribution in [1.82, 2.24) is 0 Å². The minimum Gasteiger partial charge on any atom is -0.466 e. The Labute approximate surface area is 96.1 Å². The lowest BCUT2D eigenvalue weighted by atomic mass is 10.0. The van der Waals surface area contributed by atoms with E-state index in [9.17, 15) is 9.90 Å². The molecule has 0 fully saturated rings. The van der Waals surface area contributed by atoms with Crippen molar-refractivity contribution in [3.8, 4) is 0 Å². The quantitative estimate of drug-likeness (QED) is 0.795. The van der Waals surface area contributed by atoms with Crippen molar-refractivity contribution in [2.24, 2.45) is 0 Å². The lowest BCUT2D eigenvalue weighted by Gasteiger charge is -2.12. The summed E-state index contributed by atoms with van der Waals surface area (Å²) >= 11 is 0. The molecule has 0 heterocycles. The van der Waals surface area contributed by atoms with Crippen molar-refractivity contribution in [2.45, 2.75) is 33.3 Å². The number of ether oxygens (including phenoxy) is 1. The molecule has 1 N–H and O–H groups in total. The van der Waals surface area contributed by atoms with Crippen LogP contribution >= 0.6 is 0 Å². The molecule has 0 aliphatic heterocycles. The number of hydrogen-bond donors (Lipinski definition) is 1. The molecule has 1 atom stereocenters. The fourth-order valence-corrected chi connectivity index (χ4v) is 1.70. The first kappa shape index (κ1) is 12.7. The van der Waals surface area contributed by atoms with E-state index in [4.69, 9.17) is 4.74 Å². The molecule has 3 nitrogen and oxygen atoms in total. The molecule has 0 aromatic heterocycles. The summed E-state index contributed by atoms with van der Waals surface area (Å²) in [6.07, 6.45) is -0.769. The molecule has 3 heteroatoms. The zero-order valence-electron chi connectivity index (χ0n) is 9.99. The molecule has 1 aromatic carbocycles. The number of carbonyl (C=O) groups is 1. The molecule has 0 amide bonds. The van der Waals surface area contributed by atoms with E-state index in [1.807, 2.05) is 32.0 Å². The first-order valence-corrected chi connectivity index (χ1v) is 5.44. The van der Waals surface area contributed by atoms with Crippen LogP contribution in [0.4, 0.5) is 0 Å². The topological polar surface area (TPSA) is 46.5 Å². The number of rotatable bonds is 4. The van der Waals surface area contributed by atoms with Gasteiger partial charge in [0.05, 0.1) is 19.1 Å². The zero-order chi connectivity index (χ0) is 12.1. The molecule has 16 heavy (non-hydrogen) atoms. The molecule has 1 aromatic rings. The maximum atomic E-state index is 11.2. The van der Waals surface area contributed by atoms with Crippen LogP contribution in [-0.4, -0.2) is 17.7 Å². The van der Waals surface area contributed by atoms with Crippen LogP contribution in [0.3, 0.4) is 0 Å². The summed E-state index contributed by atoms with van der Waals surface area (Å²) < 4.78 is 4.80. The SMILES string of the molecule is CCOC(=O)C[C@@H](O)c1cc(C)cc(C)c1. The third-order valence-electron chi connectivity index (χ3n) is 2.29. The number of hydrogen-bond acceptors (Lipinski definition) is 3. The predicted molar refractivity (Wildman–Crippen MR) is 62.1 cm³/mol. The standard InChI is InChI=1S/C13H18O3/c1-4-16-13(15)8-12(14)11-6-9(2)5-10(3)7-11/h5-7,12,14H,4,8H2,1-3H3/t12-/m1/s1. The van der Waals surface area contributed by atoms with E-state index in [2.05, 4.69) is 0 Å². The average molecular weight is 222 g/mol. The summed E-state index contributed by atoms with van der Waals surface area (Å²) in [5.74, 6) is -0.367. The van der Waals surface area contributed by atoms with Crippen LogP contribution in [0, 0.1) is 13.8 Å². The second-order valence-corrected chi connectivity index (χ2v) is 3.95. The third kappa shape index (κ3) is 3.66. The molecule has 0 aliphatic rings. The number of aryl methyl sites for hydroxylation is 2. The van der Waals surface area contributed by atoms with Crippen LogP contribution in [0.15, 0.2) is 18.2 Å². The largest absolute Gasteiger partial charge is 0.466 e. The van der Waals surface area contributed by atoms with Crippen molar-refractivity contribution in [3.05, 3.63) is 34.9 Å². The number of aliphatic hydroxyl groups is 1. The number of benzene rings is 1. The van der Waals surface area contributed by atoms with Gasteiger partial charge in [0, 0.05) is 0 Å². The van der Waals surface area contributed by atoms with Crippen LogP contribution in [0.2, 0.25) is 0 Å². The summed E-state index contributed by atoms with van der Waals surface area (Å²) in [7, 11) is 0. The van der Waals surface area contributed by atoms with Gasteiger partial charge in [0.25, 0.3) is 0 Å². The lowest BCUT2D eigenvalue weighted by Crippen LogP contribution is -2.10. The van der Waals surface area contributed by atoms with Crippen molar-refractivity contribution in [1.29, 1.82) is 0 Å². The number of esters is 1. The van der Waals surface area contributed by atoms with E-state index in [-0.39, 0.29) is 12.4 Å². The van der Waals surface area contributed by atoms with Gasteiger partial charge < -0.3 is 9.84 Å². The van der Waals surface area contributed by atoms with E-state index in [1.165, 1.54) is 0 Å². The highest BCUT2D eigenvalue weighted by atomic mass is 16.5. The third-order valence-corrected chi connectivity index (χ3v) is 2.29. The van der Waals surface area contributed by atoms with Gasteiger partial charge in [0.1, 0.15) is 0 Å². The van der Waals surface area contributed by atoms with E-state index < -0.39 is 6.10 Å². The second-order valence-electron chi connectivity index (χ2n) is 3.95. The summed E-state index contributed by atoms with van der Waals surface area (Å²) in [6.45, 7) is 6.03. The molecule has 0 saturated carbocycles. The van der Waals surface area contributed by atoms with Gasteiger partial charge in [0.2, 0.25) is 0 Å². The van der Waals surface area contributed by atoms with Crippen LogP contribution in [0.1, 0.15) is 36.1 Å². The molecule has 0 saturated heterocycles. The first-order valence-electron chi connectivity index (χ1n) is 5.44. The Morgan fingerprint density at radius 3 is 2.38 bits per heavy atom. The van der Waals surface area contributed by atoms with Gasteiger partial charge in [-0.3, -0.25) is 4.79 Å². The molecular formula is C13H18O3. The van der Waals surface area contributed by atoms with E-state index >= 15 is 0 Å². The fourth-order valence-electron chi connectivity index (χ4n) is 1.70. The van der Waals surface area contributed by atoms with Gasteiger partial charge in [0.15, 0.2) is 0 Å². The van der Waals surface area contributed by atoms with Gasteiger partial charge in [-0.2, -0.15) is 0 Å². The van der Waals surface area contributed by atoms with Crippen molar-refractivity contribution in [3.63, 3.8) is 0 Å². The summed E-state index contributed by atoms with van der Waals surface area (Å²) in [5, 5.41) is 9.87. The maximum absolute atomic E-state index is 11.2. The minimum absolute atomic E-state index is 0.0106. The summed E-state index contributed by atoms with van der Waals surface area (Å²) in [6, 6.07) is 5.80. The van der Waals surface area contributed by atoms with Crippen molar-refractivity contribution >= 4 is 5.97 Å². The predicted octanol–water partition coefficient (Wildman–Crippen LogP) is 2.29. The van der Waals surface area contributed by atoms with Crippen LogP contribution in [-0.2, 0) is 9.53 Å². The molecule has 88 valence electrons. The fraction of sp³-hybridized carbons (Fsp3) is 0.462. The van der Waals surface area contributed by atoms with Crippen molar-refractivity contribution < 1.29 is 14.6 Å². The molecule has 0 aliphatic carbocycles. The van der Waals surface area contributed by atoms with E-state index in [0.717, 1.165) is 16.7 Å². The second kappa shape index (κ2) is 5.66. The molecule has 0 unspecified atom stereocenters. The van der Waals surface area contributed by atoms with Crippen molar-refractivity contribution in [2.75, 3.05) is 6.61 Å². The first-order chi connectivity index (χ1) is 7.52. The highest BCUT2D eigenvalue weighted by Gasteiger charge is 2.14. The normalized spacial score (nSPS) is 12.2. The highest BCUT2D eigenvalue weighted by Crippen LogP contribution is 2.20. The number of carbonyl (C=O) groups excluding carboxylic acids is 1. The Kier molecular flexibility index (Phi) is 4.50. The van der Waals surface area contributed by atoms with Crippen LogP contribution in [0.25, 0.3) is 0 Å². The van der Waals surface area contributed by atoms with Crippen LogP contribution in [0.5, 0.6) is 0 Å². The molecular weight excluding hydrogens is 204 g/mol. The molecule has 0 radical (unpaired) electrons. The maximum Gasteiger partial charge on any atom is 0.308 e. The minimum atomic E-state index is -0.780. The molecule has 1 rings (SSSR count).